The number of alkyl halides is 3. The number of sulfonamides is 1. The van der Waals surface area contributed by atoms with Crippen LogP contribution in [0.4, 0.5) is 23.7 Å². The molecule has 2 aromatic rings. The smallest absolute Gasteiger partial charge is 0.416 e. The number of amides is 1. The number of nitrogens with one attached hydrogen (secondary N) is 1. The van der Waals surface area contributed by atoms with Gasteiger partial charge in [0.1, 0.15) is 6.61 Å². The molecule has 1 aliphatic heterocycles. The van der Waals surface area contributed by atoms with Crippen LogP contribution in [0.3, 0.4) is 0 Å². The van der Waals surface area contributed by atoms with Gasteiger partial charge in [0.15, 0.2) is 0 Å². The molecule has 10 heteroatoms. The summed E-state index contributed by atoms with van der Waals surface area (Å²) in [5.41, 5.74) is 0.191. The van der Waals surface area contributed by atoms with Gasteiger partial charge in [0.2, 0.25) is 10.0 Å². The van der Waals surface area contributed by atoms with Crippen molar-refractivity contribution in [2.45, 2.75) is 11.1 Å². The van der Waals surface area contributed by atoms with Gasteiger partial charge in [-0.25, -0.2) is 13.2 Å². The van der Waals surface area contributed by atoms with E-state index in [1.807, 2.05) is 0 Å². The average molecular weight is 424 g/mol. The summed E-state index contributed by atoms with van der Waals surface area (Å²) >= 11 is 0. The Kier molecular flexibility index (Phi) is 5.81. The lowest BCUT2D eigenvalue weighted by atomic mass is 10.2. The SMILES string of the molecule is O=C1OCCN1c1ccc(C#CCNS(=O)(=O)c2cccc(C(F)(F)F)c2)cc1. The van der Waals surface area contributed by atoms with Gasteiger partial charge in [0.05, 0.1) is 23.5 Å². The zero-order valence-electron chi connectivity index (χ0n) is 14.9. The standard InChI is InChI=1S/C19H15F3N2O4S/c20-19(21,22)15-4-1-5-17(13-15)29(26,27)23-10-2-3-14-6-8-16(9-7-14)24-11-12-28-18(24)25/h1,4-9,13,23H,10-12H2. The molecule has 0 radical (unpaired) electrons. The number of cyclic esters (lactones) is 1. The van der Waals surface area contributed by atoms with Crippen LogP contribution >= 0.6 is 0 Å². The Morgan fingerprint density at radius 3 is 2.48 bits per heavy atom. The number of rotatable bonds is 4. The second-order valence-corrected chi connectivity index (χ2v) is 7.73. The Morgan fingerprint density at radius 1 is 1.14 bits per heavy atom. The lowest BCUT2D eigenvalue weighted by Crippen LogP contribution is -2.24. The van der Waals surface area contributed by atoms with Crippen LogP contribution in [0.1, 0.15) is 11.1 Å². The molecule has 1 N–H and O–H groups in total. The highest BCUT2D eigenvalue weighted by atomic mass is 32.2. The summed E-state index contributed by atoms with van der Waals surface area (Å²) in [6.07, 6.45) is -5.06. The third kappa shape index (κ3) is 5.07. The van der Waals surface area contributed by atoms with Crippen molar-refractivity contribution < 1.29 is 31.1 Å². The van der Waals surface area contributed by atoms with E-state index >= 15 is 0 Å². The van der Waals surface area contributed by atoms with Gasteiger partial charge in [0, 0.05) is 11.3 Å². The highest BCUT2D eigenvalue weighted by molar-refractivity contribution is 7.89. The van der Waals surface area contributed by atoms with Crippen LogP contribution in [0.5, 0.6) is 0 Å². The van der Waals surface area contributed by atoms with Crippen molar-refractivity contribution in [3.8, 4) is 11.8 Å². The third-order valence-corrected chi connectivity index (χ3v) is 5.39. The number of benzene rings is 2. The number of hydrogen-bond donors (Lipinski definition) is 1. The van der Waals surface area contributed by atoms with Gasteiger partial charge in [0.25, 0.3) is 0 Å². The van der Waals surface area contributed by atoms with Crippen molar-refractivity contribution in [3.63, 3.8) is 0 Å². The summed E-state index contributed by atoms with van der Waals surface area (Å²) in [5.74, 6) is 5.34. The molecule has 0 atom stereocenters. The molecule has 29 heavy (non-hydrogen) atoms. The van der Waals surface area contributed by atoms with Gasteiger partial charge in [-0.1, -0.05) is 17.9 Å². The molecule has 0 aliphatic carbocycles. The lowest BCUT2D eigenvalue weighted by molar-refractivity contribution is -0.137. The predicted octanol–water partition coefficient (Wildman–Crippen LogP) is 2.99. The molecule has 1 heterocycles. The molecule has 0 spiro atoms. The molecule has 0 bridgehead atoms. The fraction of sp³-hybridized carbons (Fsp3) is 0.211. The quantitative estimate of drug-likeness (QED) is 0.766. The predicted molar refractivity (Wildman–Crippen MR) is 98.6 cm³/mol. The molecule has 6 nitrogen and oxygen atoms in total. The number of hydrogen-bond acceptors (Lipinski definition) is 4. The van der Waals surface area contributed by atoms with Crippen molar-refractivity contribution >= 4 is 21.8 Å². The molecule has 1 amide bonds. The Balaban J connectivity index is 1.63. The van der Waals surface area contributed by atoms with Crippen LogP contribution in [0.25, 0.3) is 0 Å². The number of ether oxygens (including phenoxy) is 1. The van der Waals surface area contributed by atoms with E-state index in [-0.39, 0.29) is 6.54 Å². The third-order valence-electron chi connectivity index (χ3n) is 3.99. The van der Waals surface area contributed by atoms with Gasteiger partial charge < -0.3 is 4.74 Å². The minimum Gasteiger partial charge on any atom is -0.447 e. The monoisotopic (exact) mass is 424 g/mol. The summed E-state index contributed by atoms with van der Waals surface area (Å²) in [6.45, 7) is 0.506. The fourth-order valence-electron chi connectivity index (χ4n) is 2.55. The van der Waals surface area contributed by atoms with Gasteiger partial charge in [-0.3, -0.25) is 4.90 Å². The number of carbonyl (C=O) groups excluding carboxylic acids is 1. The van der Waals surface area contributed by atoms with E-state index in [1.165, 1.54) is 4.90 Å². The van der Waals surface area contributed by atoms with E-state index in [9.17, 15) is 26.4 Å². The Hall–Kier alpha value is -3.03. The summed E-state index contributed by atoms with van der Waals surface area (Å²) < 4.78 is 69.5. The van der Waals surface area contributed by atoms with Crippen molar-refractivity contribution in [2.24, 2.45) is 0 Å². The molecule has 152 valence electrons. The zero-order chi connectivity index (χ0) is 21.1. The first-order valence-electron chi connectivity index (χ1n) is 8.37. The molecule has 1 saturated heterocycles. The largest absolute Gasteiger partial charge is 0.447 e. The maximum absolute atomic E-state index is 12.7. The minimum atomic E-state index is -4.64. The summed E-state index contributed by atoms with van der Waals surface area (Å²) in [4.78, 5) is 12.5. The summed E-state index contributed by atoms with van der Waals surface area (Å²) in [6, 6.07) is 10.2. The fourth-order valence-corrected chi connectivity index (χ4v) is 3.52. The zero-order valence-corrected chi connectivity index (χ0v) is 15.7. The van der Waals surface area contributed by atoms with E-state index in [1.54, 1.807) is 24.3 Å². The number of nitrogens with zero attached hydrogens (tertiary/aromatic N) is 1. The van der Waals surface area contributed by atoms with E-state index < -0.39 is 32.8 Å². The van der Waals surface area contributed by atoms with E-state index in [2.05, 4.69) is 16.6 Å². The van der Waals surface area contributed by atoms with Crippen molar-refractivity contribution in [1.29, 1.82) is 0 Å². The minimum absolute atomic E-state index is 0.279. The highest BCUT2D eigenvalue weighted by Gasteiger charge is 2.31. The second-order valence-electron chi connectivity index (χ2n) is 5.96. The molecule has 0 saturated carbocycles. The van der Waals surface area contributed by atoms with Gasteiger partial charge >= 0.3 is 12.3 Å². The maximum atomic E-state index is 12.7. The average Bonchev–Trinajstić information content (AvgIpc) is 3.11. The van der Waals surface area contributed by atoms with Crippen LogP contribution in [-0.2, 0) is 20.9 Å². The molecule has 2 aromatic carbocycles. The molecule has 3 rings (SSSR count). The molecule has 0 unspecified atom stereocenters. The Labute approximate surface area is 165 Å². The molecule has 0 aromatic heterocycles. The van der Waals surface area contributed by atoms with Crippen molar-refractivity contribution in [3.05, 3.63) is 59.7 Å². The lowest BCUT2D eigenvalue weighted by Gasteiger charge is -2.12. The van der Waals surface area contributed by atoms with Crippen LogP contribution in [-0.4, -0.2) is 34.2 Å². The first-order valence-corrected chi connectivity index (χ1v) is 9.85. The van der Waals surface area contributed by atoms with E-state index in [0.29, 0.717) is 30.5 Å². The molecule has 1 fully saturated rings. The molecule has 1 aliphatic rings. The number of halogens is 3. The number of carbonyl (C=O) groups is 1. The Morgan fingerprint density at radius 2 is 1.86 bits per heavy atom. The van der Waals surface area contributed by atoms with Gasteiger partial charge in [-0.2, -0.15) is 17.9 Å². The van der Waals surface area contributed by atoms with Crippen LogP contribution in [0.15, 0.2) is 53.4 Å². The van der Waals surface area contributed by atoms with Gasteiger partial charge in [-0.05, 0) is 42.5 Å². The normalized spacial score (nSPS) is 14.3. The molecular formula is C19H15F3N2O4S. The van der Waals surface area contributed by atoms with E-state index in [0.717, 1.165) is 18.2 Å². The van der Waals surface area contributed by atoms with Crippen molar-refractivity contribution in [1.82, 2.24) is 4.72 Å². The first kappa shape index (κ1) is 20.7. The summed E-state index contributed by atoms with van der Waals surface area (Å²) in [7, 11) is -4.13. The van der Waals surface area contributed by atoms with Crippen molar-refractivity contribution in [2.75, 3.05) is 24.6 Å². The first-order chi connectivity index (χ1) is 13.7. The van der Waals surface area contributed by atoms with Gasteiger partial charge in [-0.15, -0.1) is 0 Å². The second kappa shape index (κ2) is 8.14. The van der Waals surface area contributed by atoms with Crippen LogP contribution in [0, 0.1) is 11.8 Å². The maximum Gasteiger partial charge on any atom is 0.416 e. The van der Waals surface area contributed by atoms with Crippen LogP contribution in [0.2, 0.25) is 0 Å². The highest BCUT2D eigenvalue weighted by Crippen LogP contribution is 2.30. The topological polar surface area (TPSA) is 75.7 Å². The Bertz CT molecular complexity index is 1070. The summed E-state index contributed by atoms with van der Waals surface area (Å²) in [5, 5.41) is 0. The molecular weight excluding hydrogens is 409 g/mol. The number of anilines is 1. The van der Waals surface area contributed by atoms with E-state index in [4.69, 9.17) is 4.74 Å². The van der Waals surface area contributed by atoms with Crippen LogP contribution < -0.4 is 9.62 Å².